The van der Waals surface area contributed by atoms with Gasteiger partial charge in [-0.1, -0.05) is 12.1 Å². The fraction of sp³-hybridized carbons (Fsp3) is 0.0625. The molecule has 25 heavy (non-hydrogen) atoms. The fourth-order valence-corrected chi connectivity index (χ4v) is 3.27. The molecule has 130 valence electrons. The zero-order chi connectivity index (χ0) is 18.0. The van der Waals surface area contributed by atoms with Gasteiger partial charge in [0, 0.05) is 12.3 Å². The van der Waals surface area contributed by atoms with Crippen LogP contribution in [0, 0.1) is 17.5 Å². The molecule has 1 aromatic heterocycles. The average Bonchev–Trinajstić information content (AvgIpc) is 2.95. The molecule has 2 aromatic carbocycles. The van der Waals surface area contributed by atoms with Crippen molar-refractivity contribution in [3.63, 3.8) is 0 Å². The van der Waals surface area contributed by atoms with Crippen LogP contribution in [0.4, 0.5) is 18.9 Å². The molecular weight excluding hydrogens is 355 g/mol. The number of rotatable bonds is 5. The van der Waals surface area contributed by atoms with E-state index in [0.29, 0.717) is 12.6 Å². The van der Waals surface area contributed by atoms with Crippen molar-refractivity contribution in [2.75, 3.05) is 4.72 Å². The van der Waals surface area contributed by atoms with E-state index < -0.39 is 26.6 Å². The number of hydrogen-bond donors (Lipinski definition) is 1. The fourth-order valence-electron chi connectivity index (χ4n) is 2.18. The number of benzene rings is 2. The molecular formula is C16H12F3N3O2S. The van der Waals surface area contributed by atoms with Crippen LogP contribution in [0.5, 0.6) is 0 Å². The smallest absolute Gasteiger partial charge is 0.264 e. The largest absolute Gasteiger partial charge is 0.276 e. The molecule has 0 amide bonds. The van der Waals surface area contributed by atoms with Crippen LogP contribution in [0.2, 0.25) is 0 Å². The van der Waals surface area contributed by atoms with E-state index >= 15 is 0 Å². The Kier molecular flexibility index (Phi) is 4.49. The summed E-state index contributed by atoms with van der Waals surface area (Å²) in [4.78, 5) is -0.666. The number of aromatic nitrogens is 2. The Morgan fingerprint density at radius 3 is 2.36 bits per heavy atom. The van der Waals surface area contributed by atoms with Gasteiger partial charge in [-0.15, -0.1) is 0 Å². The van der Waals surface area contributed by atoms with Crippen molar-refractivity contribution in [3.8, 4) is 0 Å². The van der Waals surface area contributed by atoms with Crippen LogP contribution in [0.1, 0.15) is 5.56 Å². The Hall–Kier alpha value is -2.81. The van der Waals surface area contributed by atoms with Crippen LogP contribution in [-0.2, 0) is 16.6 Å². The van der Waals surface area contributed by atoms with Gasteiger partial charge in [0.05, 0.1) is 18.4 Å². The van der Waals surface area contributed by atoms with Crippen LogP contribution in [0.15, 0.2) is 59.8 Å². The van der Waals surface area contributed by atoms with E-state index in [9.17, 15) is 21.6 Å². The Labute approximate surface area is 141 Å². The summed E-state index contributed by atoms with van der Waals surface area (Å²) in [5.74, 6) is -2.42. The van der Waals surface area contributed by atoms with E-state index in [1.54, 1.807) is 12.1 Å². The van der Waals surface area contributed by atoms with Gasteiger partial charge >= 0.3 is 0 Å². The first-order valence-corrected chi connectivity index (χ1v) is 8.56. The molecule has 0 aliphatic heterocycles. The van der Waals surface area contributed by atoms with Crippen LogP contribution in [-0.4, -0.2) is 18.2 Å². The minimum absolute atomic E-state index is 0.117. The van der Waals surface area contributed by atoms with Gasteiger partial charge in [0.2, 0.25) is 0 Å². The van der Waals surface area contributed by atoms with Crippen LogP contribution in [0.25, 0.3) is 0 Å². The molecule has 1 heterocycles. The maximum Gasteiger partial charge on any atom is 0.264 e. The van der Waals surface area contributed by atoms with Gasteiger partial charge in [-0.2, -0.15) is 5.10 Å². The summed E-state index contributed by atoms with van der Waals surface area (Å²) < 4.78 is 67.4. The average molecular weight is 367 g/mol. The number of nitrogens with one attached hydrogen (secondary N) is 1. The van der Waals surface area contributed by atoms with Crippen molar-refractivity contribution in [1.29, 1.82) is 0 Å². The molecule has 0 spiro atoms. The van der Waals surface area contributed by atoms with Gasteiger partial charge in [-0.3, -0.25) is 9.40 Å². The van der Waals surface area contributed by atoms with Gasteiger partial charge in [-0.05, 0) is 29.8 Å². The third kappa shape index (κ3) is 4.00. The van der Waals surface area contributed by atoms with Crippen molar-refractivity contribution in [1.82, 2.24) is 9.78 Å². The molecule has 0 unspecified atom stereocenters. The lowest BCUT2D eigenvalue weighted by Crippen LogP contribution is -2.14. The van der Waals surface area contributed by atoms with E-state index in [4.69, 9.17) is 0 Å². The Balaban J connectivity index is 1.77. The minimum atomic E-state index is -4.22. The van der Waals surface area contributed by atoms with Crippen molar-refractivity contribution < 1.29 is 21.6 Å². The first kappa shape index (κ1) is 17.0. The highest BCUT2D eigenvalue weighted by atomic mass is 32.2. The van der Waals surface area contributed by atoms with Gasteiger partial charge in [0.15, 0.2) is 0 Å². The monoisotopic (exact) mass is 367 g/mol. The van der Waals surface area contributed by atoms with Gasteiger partial charge in [-0.25, -0.2) is 21.6 Å². The summed E-state index contributed by atoms with van der Waals surface area (Å²) in [5.41, 5.74) is 0.884. The molecule has 0 saturated heterocycles. The highest BCUT2D eigenvalue weighted by Gasteiger charge is 2.20. The summed E-state index contributed by atoms with van der Waals surface area (Å²) in [6.07, 6.45) is 2.66. The maximum atomic E-state index is 13.7. The van der Waals surface area contributed by atoms with Crippen molar-refractivity contribution >= 4 is 15.7 Å². The molecule has 5 nitrogen and oxygen atoms in total. The minimum Gasteiger partial charge on any atom is -0.276 e. The molecule has 3 aromatic rings. The Morgan fingerprint density at radius 2 is 1.68 bits per heavy atom. The standard InChI is InChI=1S/C16H12F3N3O2S/c17-12-3-1-11(2-4-12)9-22-10-14(8-20-22)21-25(23,24)16-6-5-13(18)7-15(16)19/h1-8,10,21H,9H2. The third-order valence-electron chi connectivity index (χ3n) is 3.33. The second kappa shape index (κ2) is 6.60. The van der Waals surface area contributed by atoms with Crippen molar-refractivity contribution in [3.05, 3.63) is 77.9 Å². The quantitative estimate of drug-likeness (QED) is 0.754. The molecule has 9 heteroatoms. The van der Waals surface area contributed by atoms with Gasteiger partial charge in [0.25, 0.3) is 10.0 Å². The Morgan fingerprint density at radius 1 is 1.00 bits per heavy atom. The second-order valence-corrected chi connectivity index (χ2v) is 6.88. The van der Waals surface area contributed by atoms with Gasteiger partial charge < -0.3 is 0 Å². The Bertz CT molecular complexity index is 1000. The summed E-state index contributed by atoms with van der Waals surface area (Å²) in [7, 11) is -4.22. The lowest BCUT2D eigenvalue weighted by molar-refractivity contribution is 0.551. The highest BCUT2D eigenvalue weighted by Crippen LogP contribution is 2.19. The number of sulfonamides is 1. The van der Waals surface area contributed by atoms with E-state index in [-0.39, 0.29) is 11.5 Å². The predicted octanol–water partition coefficient (Wildman–Crippen LogP) is 3.15. The highest BCUT2D eigenvalue weighted by molar-refractivity contribution is 7.92. The van der Waals surface area contributed by atoms with Crippen molar-refractivity contribution in [2.45, 2.75) is 11.4 Å². The molecule has 0 aliphatic rings. The predicted molar refractivity (Wildman–Crippen MR) is 84.9 cm³/mol. The maximum absolute atomic E-state index is 13.7. The molecule has 3 rings (SSSR count). The van der Waals surface area contributed by atoms with Gasteiger partial charge in [0.1, 0.15) is 22.3 Å². The summed E-state index contributed by atoms with van der Waals surface area (Å²) >= 11 is 0. The first-order valence-electron chi connectivity index (χ1n) is 7.08. The first-order chi connectivity index (χ1) is 11.8. The van der Waals surface area contributed by atoms with E-state index in [2.05, 4.69) is 9.82 Å². The summed E-state index contributed by atoms with van der Waals surface area (Å²) in [6.45, 7) is 0.299. The van der Waals surface area contributed by atoms with Crippen LogP contribution in [0.3, 0.4) is 0 Å². The van der Waals surface area contributed by atoms with Crippen molar-refractivity contribution in [2.24, 2.45) is 0 Å². The van der Waals surface area contributed by atoms with Crippen LogP contribution >= 0.6 is 0 Å². The molecule has 1 N–H and O–H groups in total. The number of hydrogen-bond acceptors (Lipinski definition) is 3. The third-order valence-corrected chi connectivity index (χ3v) is 4.74. The van der Waals surface area contributed by atoms with E-state index in [0.717, 1.165) is 17.7 Å². The number of halogens is 3. The van der Waals surface area contributed by atoms with Crippen LogP contribution < -0.4 is 4.72 Å². The van der Waals surface area contributed by atoms with E-state index in [1.807, 2.05) is 0 Å². The normalized spacial score (nSPS) is 11.5. The SMILES string of the molecule is O=S(=O)(Nc1cnn(Cc2ccc(F)cc2)c1)c1ccc(F)cc1F. The molecule has 0 atom stereocenters. The zero-order valence-electron chi connectivity index (χ0n) is 12.7. The molecule has 0 saturated carbocycles. The molecule has 0 radical (unpaired) electrons. The summed E-state index contributed by atoms with van der Waals surface area (Å²) in [6, 6.07) is 7.96. The lowest BCUT2D eigenvalue weighted by Gasteiger charge is -2.07. The molecule has 0 bridgehead atoms. The lowest BCUT2D eigenvalue weighted by atomic mass is 10.2. The molecule has 0 fully saturated rings. The topological polar surface area (TPSA) is 64.0 Å². The summed E-state index contributed by atoms with van der Waals surface area (Å²) in [5, 5.41) is 3.99. The second-order valence-electron chi connectivity index (χ2n) is 5.23. The number of anilines is 1. The number of nitrogens with zero attached hydrogens (tertiary/aromatic N) is 2. The zero-order valence-corrected chi connectivity index (χ0v) is 13.5. The molecule has 0 aliphatic carbocycles. The van der Waals surface area contributed by atoms with E-state index in [1.165, 1.54) is 29.2 Å².